The van der Waals surface area contributed by atoms with Crippen molar-refractivity contribution in [3.63, 3.8) is 0 Å². The van der Waals surface area contributed by atoms with Crippen LogP contribution in [0.5, 0.6) is 0 Å². The van der Waals surface area contributed by atoms with E-state index >= 15 is 0 Å². The Labute approximate surface area is 310 Å². The molecule has 0 aliphatic carbocycles. The molecule has 54 heavy (non-hydrogen) atoms. The predicted octanol–water partition coefficient (Wildman–Crippen LogP) is 15.1. The van der Waals surface area contributed by atoms with Crippen LogP contribution in [0.2, 0.25) is 0 Å². The van der Waals surface area contributed by atoms with Crippen molar-refractivity contribution >= 4 is 87.0 Å². The molecule has 10 aromatic carbocycles. The Morgan fingerprint density at radius 3 is 1.44 bits per heavy atom. The molecule has 2 heterocycles. The van der Waals surface area contributed by atoms with Gasteiger partial charge in [0.25, 0.3) is 0 Å². The van der Waals surface area contributed by atoms with Gasteiger partial charge in [-0.05, 0) is 89.6 Å². The summed E-state index contributed by atoms with van der Waals surface area (Å²) in [6.45, 7) is 0. The van der Waals surface area contributed by atoms with E-state index in [4.69, 9.17) is 8.83 Å². The molecular weight excluding hydrogens is 657 g/mol. The molecule has 2 aromatic heterocycles. The molecule has 2 nitrogen and oxygen atoms in total. The molecule has 0 atom stereocenters. The van der Waals surface area contributed by atoms with Crippen molar-refractivity contribution in [1.82, 2.24) is 0 Å². The standard InChI is InChI=1S/C52H30O2/c1-2-14-32-31(13-1)27-28-34-33(32)21-11-22-35(34)48-36-15-3-5-17-38(36)49(39-18-6-4-16-37(39)48)44-30-29-41(51-43-20-8-10-25-46(43)54-52(44)51)40-23-12-26-47-50(40)42-19-7-9-24-45(42)53-47/h1-30H. The average Bonchev–Trinajstić information content (AvgIpc) is 3.82. The molecular formula is C52H30O2. The van der Waals surface area contributed by atoms with E-state index in [0.717, 1.165) is 60.6 Å². The van der Waals surface area contributed by atoms with Crippen LogP contribution in [-0.4, -0.2) is 0 Å². The average molecular weight is 687 g/mol. The van der Waals surface area contributed by atoms with E-state index < -0.39 is 0 Å². The summed E-state index contributed by atoms with van der Waals surface area (Å²) >= 11 is 0. The van der Waals surface area contributed by atoms with E-state index in [0.29, 0.717) is 0 Å². The second-order valence-corrected chi connectivity index (χ2v) is 14.3. The topological polar surface area (TPSA) is 26.3 Å². The Kier molecular flexibility index (Phi) is 6.09. The highest BCUT2D eigenvalue weighted by Gasteiger charge is 2.24. The monoisotopic (exact) mass is 686 g/mol. The zero-order chi connectivity index (χ0) is 35.3. The first-order valence-corrected chi connectivity index (χ1v) is 18.5. The SMILES string of the molecule is c1ccc2c(c1)ccc1c(-c3c4ccccc4c(-c4ccc(-c5cccc6oc7ccccc7c56)c5c4oc4ccccc45)c4ccccc34)cccc12. The second kappa shape index (κ2) is 11.2. The van der Waals surface area contributed by atoms with Crippen LogP contribution in [0, 0.1) is 0 Å². The molecule has 0 saturated heterocycles. The summed E-state index contributed by atoms with van der Waals surface area (Å²) in [5.41, 5.74) is 10.5. The van der Waals surface area contributed by atoms with Gasteiger partial charge in [-0.3, -0.25) is 0 Å². The Bertz CT molecular complexity index is 3450. The van der Waals surface area contributed by atoms with E-state index in [1.165, 1.54) is 59.8 Å². The van der Waals surface area contributed by atoms with Crippen LogP contribution in [0.3, 0.4) is 0 Å². The highest BCUT2D eigenvalue weighted by Crippen LogP contribution is 2.50. The van der Waals surface area contributed by atoms with E-state index in [-0.39, 0.29) is 0 Å². The minimum Gasteiger partial charge on any atom is -0.456 e. The van der Waals surface area contributed by atoms with Crippen molar-refractivity contribution in [2.45, 2.75) is 0 Å². The molecule has 0 unspecified atom stereocenters. The molecule has 0 radical (unpaired) electrons. The highest BCUT2D eigenvalue weighted by atomic mass is 16.3. The smallest absolute Gasteiger partial charge is 0.143 e. The molecule has 12 aromatic rings. The fourth-order valence-electron chi connectivity index (χ4n) is 9.22. The van der Waals surface area contributed by atoms with Crippen LogP contribution in [-0.2, 0) is 0 Å². The van der Waals surface area contributed by atoms with E-state index in [9.17, 15) is 0 Å². The van der Waals surface area contributed by atoms with Crippen LogP contribution in [0.1, 0.15) is 0 Å². The first kappa shape index (κ1) is 29.4. The summed E-state index contributed by atoms with van der Waals surface area (Å²) in [5, 5.41) is 14.3. The van der Waals surface area contributed by atoms with Gasteiger partial charge in [0.1, 0.15) is 22.3 Å². The number of hydrogen-bond acceptors (Lipinski definition) is 2. The van der Waals surface area contributed by atoms with E-state index in [2.05, 4.69) is 170 Å². The van der Waals surface area contributed by atoms with Crippen molar-refractivity contribution in [1.29, 1.82) is 0 Å². The van der Waals surface area contributed by atoms with Crippen LogP contribution in [0.15, 0.2) is 191 Å². The fourth-order valence-corrected chi connectivity index (χ4v) is 9.22. The maximum atomic E-state index is 6.97. The predicted molar refractivity (Wildman–Crippen MR) is 227 cm³/mol. The lowest BCUT2D eigenvalue weighted by Crippen LogP contribution is -1.92. The van der Waals surface area contributed by atoms with Crippen molar-refractivity contribution < 1.29 is 8.83 Å². The molecule has 0 N–H and O–H groups in total. The van der Waals surface area contributed by atoms with Crippen molar-refractivity contribution in [2.75, 3.05) is 0 Å². The maximum absolute atomic E-state index is 6.97. The largest absolute Gasteiger partial charge is 0.456 e. The molecule has 0 spiro atoms. The number of fused-ring (bicyclic) bond motifs is 11. The minimum atomic E-state index is 0.874. The Morgan fingerprint density at radius 2 is 0.722 bits per heavy atom. The third-order valence-electron chi connectivity index (χ3n) is 11.5. The molecule has 0 amide bonds. The molecule has 2 heteroatoms. The molecule has 12 rings (SSSR count). The summed E-state index contributed by atoms with van der Waals surface area (Å²) in [5.74, 6) is 0. The van der Waals surface area contributed by atoms with Crippen molar-refractivity contribution in [3.8, 4) is 33.4 Å². The van der Waals surface area contributed by atoms with Crippen molar-refractivity contribution in [3.05, 3.63) is 182 Å². The molecule has 0 aliphatic heterocycles. The number of furan rings is 2. The first-order valence-electron chi connectivity index (χ1n) is 18.5. The van der Waals surface area contributed by atoms with Gasteiger partial charge in [-0.25, -0.2) is 0 Å². The van der Waals surface area contributed by atoms with E-state index in [1.807, 2.05) is 12.1 Å². The molecule has 0 saturated carbocycles. The van der Waals surface area contributed by atoms with Gasteiger partial charge in [-0.1, -0.05) is 158 Å². The number of hydrogen-bond donors (Lipinski definition) is 0. The van der Waals surface area contributed by atoms with Gasteiger partial charge in [0, 0.05) is 32.7 Å². The molecule has 250 valence electrons. The van der Waals surface area contributed by atoms with Gasteiger partial charge < -0.3 is 8.83 Å². The zero-order valence-electron chi connectivity index (χ0n) is 29.1. The fraction of sp³-hybridized carbons (Fsp3) is 0. The van der Waals surface area contributed by atoms with Crippen LogP contribution in [0.4, 0.5) is 0 Å². The first-order chi connectivity index (χ1) is 26.8. The normalized spacial score (nSPS) is 12.1. The van der Waals surface area contributed by atoms with Crippen LogP contribution in [0.25, 0.3) is 120 Å². The van der Waals surface area contributed by atoms with Gasteiger partial charge in [0.15, 0.2) is 0 Å². The maximum Gasteiger partial charge on any atom is 0.143 e. The minimum absolute atomic E-state index is 0.874. The van der Waals surface area contributed by atoms with Gasteiger partial charge >= 0.3 is 0 Å². The third-order valence-corrected chi connectivity index (χ3v) is 11.5. The number of benzene rings is 10. The van der Waals surface area contributed by atoms with Crippen LogP contribution < -0.4 is 0 Å². The second-order valence-electron chi connectivity index (χ2n) is 14.3. The van der Waals surface area contributed by atoms with Gasteiger partial charge in [0.05, 0.1) is 0 Å². The van der Waals surface area contributed by atoms with Gasteiger partial charge in [0.2, 0.25) is 0 Å². The Balaban J connectivity index is 1.20. The van der Waals surface area contributed by atoms with Gasteiger partial charge in [-0.2, -0.15) is 0 Å². The van der Waals surface area contributed by atoms with Crippen LogP contribution >= 0.6 is 0 Å². The molecule has 0 aliphatic rings. The molecule has 0 bridgehead atoms. The number of para-hydroxylation sites is 2. The lowest BCUT2D eigenvalue weighted by atomic mass is 9.83. The summed E-state index contributed by atoms with van der Waals surface area (Å²) in [6, 6.07) is 65.5. The summed E-state index contributed by atoms with van der Waals surface area (Å²) in [6.07, 6.45) is 0. The number of rotatable bonds is 3. The van der Waals surface area contributed by atoms with Crippen molar-refractivity contribution in [2.24, 2.45) is 0 Å². The van der Waals surface area contributed by atoms with Gasteiger partial charge in [-0.15, -0.1) is 0 Å². The zero-order valence-corrected chi connectivity index (χ0v) is 29.1. The summed E-state index contributed by atoms with van der Waals surface area (Å²) in [4.78, 5) is 0. The lowest BCUT2D eigenvalue weighted by molar-refractivity contribution is 0.668. The molecule has 0 fully saturated rings. The van der Waals surface area contributed by atoms with E-state index in [1.54, 1.807) is 0 Å². The quantitative estimate of drug-likeness (QED) is 0.137. The third kappa shape index (κ3) is 4.05. The lowest BCUT2D eigenvalue weighted by Gasteiger charge is -2.19. The summed E-state index contributed by atoms with van der Waals surface area (Å²) in [7, 11) is 0. The Morgan fingerprint density at radius 1 is 0.241 bits per heavy atom. The Hall–Kier alpha value is -7.16. The highest BCUT2D eigenvalue weighted by molar-refractivity contribution is 6.28. The summed E-state index contributed by atoms with van der Waals surface area (Å²) < 4.78 is 13.3.